The van der Waals surface area contributed by atoms with Crippen LogP contribution >= 0.6 is 11.6 Å². The van der Waals surface area contributed by atoms with Gasteiger partial charge in [-0.1, -0.05) is 49.8 Å². The van der Waals surface area contributed by atoms with Gasteiger partial charge >= 0.3 is 0 Å². The van der Waals surface area contributed by atoms with Crippen LogP contribution in [-0.2, 0) is 18.7 Å². The number of β-amino-alcohol motifs (C(OH)–C–C–N with tert-alkyl or cyclic N) is 1. The molecule has 3 heterocycles. The van der Waals surface area contributed by atoms with Gasteiger partial charge in [-0.3, -0.25) is 4.90 Å². The molecule has 4 aromatic rings. The highest BCUT2D eigenvalue weighted by molar-refractivity contribution is 6.31. The van der Waals surface area contributed by atoms with Crippen molar-refractivity contribution in [1.29, 1.82) is 0 Å². The largest absolute Gasteiger partial charge is 0.382 e. The third-order valence-electron chi connectivity index (χ3n) is 8.38. The topological polar surface area (TPSA) is 62.4 Å². The zero-order valence-corrected chi connectivity index (χ0v) is 24.9. The normalized spacial score (nSPS) is 16.3. The summed E-state index contributed by atoms with van der Waals surface area (Å²) in [6, 6.07) is 11.6. The highest BCUT2D eigenvalue weighted by atomic mass is 35.5. The number of unbranched alkanes of at least 4 members (excludes halogenated alkanes) is 6. The molecule has 0 aliphatic carbocycles. The van der Waals surface area contributed by atoms with Gasteiger partial charge in [-0.05, 0) is 49.7 Å². The minimum Gasteiger partial charge on any atom is -0.382 e. The van der Waals surface area contributed by atoms with Gasteiger partial charge in [0.1, 0.15) is 29.9 Å². The van der Waals surface area contributed by atoms with Crippen LogP contribution in [0.15, 0.2) is 61.3 Å². The minimum absolute atomic E-state index is 0.0361. The van der Waals surface area contributed by atoms with Crippen LogP contribution < -0.4 is 0 Å². The Bertz CT molecular complexity index is 1410. The van der Waals surface area contributed by atoms with Crippen molar-refractivity contribution in [2.75, 3.05) is 39.3 Å². The highest BCUT2D eigenvalue weighted by Crippen LogP contribution is 2.28. The number of benzene rings is 2. The summed E-state index contributed by atoms with van der Waals surface area (Å²) in [5.74, 6) is -1.42. The Morgan fingerprint density at radius 2 is 1.52 bits per heavy atom. The lowest BCUT2D eigenvalue weighted by Crippen LogP contribution is -2.52. The van der Waals surface area contributed by atoms with E-state index >= 15 is 0 Å². The van der Waals surface area contributed by atoms with Gasteiger partial charge in [-0.15, -0.1) is 0 Å². The number of piperazine rings is 1. The van der Waals surface area contributed by atoms with E-state index in [1.807, 2.05) is 12.1 Å². The Labute approximate surface area is 251 Å². The number of aryl methyl sites for hydroxylation is 1. The second kappa shape index (κ2) is 14.6. The maximum Gasteiger partial charge on any atom is 0.137 e. The molecule has 10 heteroatoms. The number of hydrogen-bond donors (Lipinski definition) is 1. The summed E-state index contributed by atoms with van der Waals surface area (Å²) in [6.07, 6.45) is 13.7. The summed E-state index contributed by atoms with van der Waals surface area (Å²) in [6.45, 7) is 5.78. The monoisotopic (exact) mass is 598 g/mol. The first-order valence-corrected chi connectivity index (χ1v) is 15.5. The van der Waals surface area contributed by atoms with E-state index in [0.29, 0.717) is 0 Å². The van der Waals surface area contributed by atoms with Gasteiger partial charge in [0.2, 0.25) is 0 Å². The fourth-order valence-electron chi connectivity index (χ4n) is 6.08. The summed E-state index contributed by atoms with van der Waals surface area (Å²) in [7, 11) is 0. The second-order valence-corrected chi connectivity index (χ2v) is 12.0. The molecule has 1 unspecified atom stereocenters. The highest BCUT2D eigenvalue weighted by Gasteiger charge is 2.36. The molecular weight excluding hydrogens is 558 g/mol. The van der Waals surface area contributed by atoms with Crippen LogP contribution in [0.2, 0.25) is 5.02 Å². The van der Waals surface area contributed by atoms with Crippen LogP contribution in [0.5, 0.6) is 0 Å². The SMILES string of the molecule is OC(CN1CCN(CCCCCCCCCn2ccc3cc(Cl)ccc32)CC1)(Cn1cncn1)c1ccc(F)cc1F. The molecule has 5 rings (SSSR count). The Hall–Kier alpha value is -2.85. The van der Waals surface area contributed by atoms with Crippen LogP contribution in [0.1, 0.15) is 50.5 Å². The van der Waals surface area contributed by atoms with Gasteiger partial charge in [0.25, 0.3) is 0 Å². The van der Waals surface area contributed by atoms with Gasteiger partial charge in [-0.25, -0.2) is 18.4 Å². The zero-order chi connectivity index (χ0) is 29.4. The summed E-state index contributed by atoms with van der Waals surface area (Å²) in [5, 5.41) is 17.7. The molecule has 1 aliphatic heterocycles. The lowest BCUT2D eigenvalue weighted by atomic mass is 9.92. The van der Waals surface area contributed by atoms with Crippen LogP contribution in [0.4, 0.5) is 8.78 Å². The molecule has 1 N–H and O–H groups in total. The molecule has 2 aromatic heterocycles. The molecule has 0 spiro atoms. The first-order valence-electron chi connectivity index (χ1n) is 15.1. The minimum atomic E-state index is -1.56. The number of halogens is 3. The van der Waals surface area contributed by atoms with Crippen molar-refractivity contribution in [2.24, 2.45) is 0 Å². The Kier molecular flexibility index (Phi) is 10.6. The number of aromatic nitrogens is 4. The van der Waals surface area contributed by atoms with Crippen LogP contribution in [0, 0.1) is 11.6 Å². The number of aliphatic hydroxyl groups is 1. The molecule has 1 fully saturated rings. The van der Waals surface area contributed by atoms with Crippen molar-refractivity contribution in [3.05, 3.63) is 83.5 Å². The van der Waals surface area contributed by atoms with Gasteiger partial charge in [-0.2, -0.15) is 5.10 Å². The third kappa shape index (κ3) is 8.16. The Morgan fingerprint density at radius 1 is 0.810 bits per heavy atom. The fourth-order valence-corrected chi connectivity index (χ4v) is 6.26. The maximum absolute atomic E-state index is 14.7. The Balaban J connectivity index is 0.970. The molecule has 226 valence electrons. The van der Waals surface area contributed by atoms with E-state index in [-0.39, 0.29) is 18.7 Å². The van der Waals surface area contributed by atoms with Gasteiger partial charge < -0.3 is 14.6 Å². The molecule has 2 aromatic carbocycles. The van der Waals surface area contributed by atoms with E-state index in [1.165, 1.54) is 85.3 Å². The molecule has 42 heavy (non-hydrogen) atoms. The lowest BCUT2D eigenvalue weighted by molar-refractivity contribution is -0.0319. The van der Waals surface area contributed by atoms with Crippen molar-refractivity contribution in [3.63, 3.8) is 0 Å². The van der Waals surface area contributed by atoms with Gasteiger partial charge in [0.15, 0.2) is 0 Å². The molecule has 0 amide bonds. The van der Waals surface area contributed by atoms with Gasteiger partial charge in [0.05, 0.1) is 6.54 Å². The van der Waals surface area contributed by atoms with E-state index in [0.717, 1.165) is 50.4 Å². The van der Waals surface area contributed by atoms with E-state index in [1.54, 1.807) is 0 Å². The predicted molar refractivity (Wildman–Crippen MR) is 162 cm³/mol. The van der Waals surface area contributed by atoms with Crippen LogP contribution in [-0.4, -0.2) is 73.5 Å². The molecule has 0 radical (unpaired) electrons. The van der Waals surface area contributed by atoms with E-state index in [2.05, 4.69) is 42.8 Å². The van der Waals surface area contributed by atoms with Crippen molar-refractivity contribution in [2.45, 2.75) is 63.6 Å². The van der Waals surface area contributed by atoms with Gasteiger partial charge in [0, 0.05) is 73.0 Å². The zero-order valence-electron chi connectivity index (χ0n) is 24.1. The molecule has 0 bridgehead atoms. The average Bonchev–Trinajstić information content (AvgIpc) is 3.62. The van der Waals surface area contributed by atoms with Crippen molar-refractivity contribution in [1.82, 2.24) is 29.1 Å². The number of fused-ring (bicyclic) bond motifs is 1. The summed E-state index contributed by atoms with van der Waals surface area (Å²) >= 11 is 6.10. The lowest BCUT2D eigenvalue weighted by Gasteiger charge is -2.39. The molecule has 1 aliphatic rings. The third-order valence-corrected chi connectivity index (χ3v) is 8.61. The van der Waals surface area contributed by atoms with Crippen LogP contribution in [0.25, 0.3) is 10.9 Å². The van der Waals surface area contributed by atoms with Crippen molar-refractivity contribution >= 4 is 22.5 Å². The number of hydrogen-bond acceptors (Lipinski definition) is 5. The summed E-state index contributed by atoms with van der Waals surface area (Å²) in [5.41, 5.74) is -0.229. The average molecular weight is 599 g/mol. The molecule has 1 atom stereocenters. The summed E-state index contributed by atoms with van der Waals surface area (Å²) in [4.78, 5) is 8.56. The quantitative estimate of drug-likeness (QED) is 0.168. The smallest absolute Gasteiger partial charge is 0.137 e. The van der Waals surface area contributed by atoms with E-state index in [9.17, 15) is 13.9 Å². The second-order valence-electron chi connectivity index (χ2n) is 11.6. The molecule has 1 saturated heterocycles. The first kappa shape index (κ1) is 30.6. The first-order chi connectivity index (χ1) is 20.4. The fraction of sp³-hybridized carbons (Fsp3) is 0.500. The van der Waals surface area contributed by atoms with Crippen LogP contribution in [0.3, 0.4) is 0 Å². The Morgan fingerprint density at radius 3 is 2.24 bits per heavy atom. The predicted octanol–water partition coefficient (Wildman–Crippen LogP) is 6.10. The molecule has 7 nitrogen and oxygen atoms in total. The number of rotatable bonds is 15. The number of nitrogens with zero attached hydrogens (tertiary/aromatic N) is 6. The van der Waals surface area contributed by atoms with E-state index < -0.39 is 17.2 Å². The standard InChI is InChI=1S/C32H41ClF2N6O/c33-27-8-11-31-26(20-27)12-15-40(31)14-7-5-3-1-2-4-6-13-38-16-18-39(19-17-38)22-32(42,23-41-25-36-24-37-41)29-10-9-28(34)21-30(29)35/h8-12,15,20-21,24-25,42H,1-7,13-14,16-19,22-23H2. The van der Waals surface area contributed by atoms with Crippen molar-refractivity contribution < 1.29 is 13.9 Å². The van der Waals surface area contributed by atoms with Crippen molar-refractivity contribution in [3.8, 4) is 0 Å². The summed E-state index contributed by atoms with van der Waals surface area (Å²) < 4.78 is 32.1. The van der Waals surface area contributed by atoms with E-state index in [4.69, 9.17) is 11.6 Å². The maximum atomic E-state index is 14.7. The molecular formula is C32H41ClF2N6O. The molecule has 0 saturated carbocycles.